The SMILES string of the molecule is O=C(O)c1c(O)cccc1F.[H-].[Na+]. The zero-order valence-electron chi connectivity index (χ0n) is 7.41. The van der Waals surface area contributed by atoms with Crippen LogP contribution in [-0.4, -0.2) is 16.2 Å². The molecule has 0 saturated carbocycles. The summed E-state index contributed by atoms with van der Waals surface area (Å²) in [6.45, 7) is 0. The van der Waals surface area contributed by atoms with E-state index >= 15 is 0 Å². The zero-order chi connectivity index (χ0) is 8.43. The molecule has 0 aliphatic carbocycles. The molecule has 1 aromatic rings. The first kappa shape index (κ1) is 11.4. The van der Waals surface area contributed by atoms with Crippen molar-refractivity contribution >= 4 is 5.97 Å². The van der Waals surface area contributed by atoms with E-state index in [0.29, 0.717) is 0 Å². The topological polar surface area (TPSA) is 57.5 Å². The van der Waals surface area contributed by atoms with Gasteiger partial charge in [0, 0.05) is 0 Å². The van der Waals surface area contributed by atoms with Crippen LogP contribution in [-0.2, 0) is 0 Å². The molecular weight excluding hydrogens is 174 g/mol. The number of benzene rings is 1. The van der Waals surface area contributed by atoms with Crippen LogP contribution in [0.5, 0.6) is 5.75 Å². The maximum atomic E-state index is 12.6. The molecule has 0 atom stereocenters. The summed E-state index contributed by atoms with van der Waals surface area (Å²) in [4.78, 5) is 10.2. The smallest absolute Gasteiger partial charge is 1.00 e. The molecule has 60 valence electrons. The second kappa shape index (κ2) is 4.45. The molecule has 1 aromatic carbocycles. The predicted octanol–water partition coefficient (Wildman–Crippen LogP) is -1.65. The minimum Gasteiger partial charge on any atom is -1.00 e. The largest absolute Gasteiger partial charge is 1.00 e. The minimum atomic E-state index is -1.47. The van der Waals surface area contributed by atoms with Crippen molar-refractivity contribution in [1.82, 2.24) is 0 Å². The van der Waals surface area contributed by atoms with Crippen LogP contribution in [0.2, 0.25) is 0 Å². The van der Waals surface area contributed by atoms with Crippen molar-refractivity contribution in [2.75, 3.05) is 0 Å². The Bertz CT molecular complexity index is 286. The molecule has 1 rings (SSSR count). The van der Waals surface area contributed by atoms with Crippen LogP contribution in [0.25, 0.3) is 0 Å². The van der Waals surface area contributed by atoms with E-state index < -0.39 is 23.1 Å². The summed E-state index contributed by atoms with van der Waals surface area (Å²) in [5.41, 5.74) is -0.687. The van der Waals surface area contributed by atoms with Crippen molar-refractivity contribution in [3.8, 4) is 5.75 Å². The molecule has 0 radical (unpaired) electrons. The third kappa shape index (κ3) is 2.20. The molecule has 0 heterocycles. The summed E-state index contributed by atoms with van der Waals surface area (Å²) >= 11 is 0. The van der Waals surface area contributed by atoms with Crippen LogP contribution >= 0.6 is 0 Å². The van der Waals surface area contributed by atoms with E-state index in [-0.39, 0.29) is 31.0 Å². The number of hydrogen-bond acceptors (Lipinski definition) is 2. The standard InChI is InChI=1S/C7H5FO3.Na.H/c8-4-2-1-3-5(9)6(4)7(10)11;;/h1-3,9H,(H,10,11);;/q;+1;-1. The summed E-state index contributed by atoms with van der Waals surface area (Å²) in [5, 5.41) is 17.2. The molecular formula is C7H6FNaO3. The van der Waals surface area contributed by atoms with Gasteiger partial charge < -0.3 is 11.6 Å². The van der Waals surface area contributed by atoms with Gasteiger partial charge in [0.15, 0.2) is 0 Å². The average Bonchev–Trinajstić information content (AvgIpc) is 1.85. The Morgan fingerprint density at radius 1 is 1.50 bits per heavy atom. The molecule has 3 nitrogen and oxygen atoms in total. The van der Waals surface area contributed by atoms with Gasteiger partial charge in [-0.25, -0.2) is 9.18 Å². The normalized spacial score (nSPS) is 8.75. The van der Waals surface area contributed by atoms with Crippen LogP contribution in [0.1, 0.15) is 11.8 Å². The monoisotopic (exact) mass is 180 g/mol. The van der Waals surface area contributed by atoms with Crippen LogP contribution in [0.3, 0.4) is 0 Å². The van der Waals surface area contributed by atoms with Gasteiger partial charge in [0.1, 0.15) is 17.1 Å². The minimum absolute atomic E-state index is 0. The molecule has 0 spiro atoms. The Hall–Kier alpha value is -0.580. The van der Waals surface area contributed by atoms with Gasteiger partial charge in [0.05, 0.1) is 0 Å². The van der Waals surface area contributed by atoms with Crippen molar-refractivity contribution in [2.45, 2.75) is 0 Å². The third-order valence-corrected chi connectivity index (χ3v) is 1.21. The molecule has 2 N–H and O–H groups in total. The molecule has 0 aliphatic rings. The molecule has 12 heavy (non-hydrogen) atoms. The molecule has 0 fully saturated rings. The Morgan fingerprint density at radius 2 is 2.08 bits per heavy atom. The summed E-state index contributed by atoms with van der Waals surface area (Å²) in [6.07, 6.45) is 0. The molecule has 0 unspecified atom stereocenters. The van der Waals surface area contributed by atoms with Gasteiger partial charge >= 0.3 is 35.5 Å². The van der Waals surface area contributed by atoms with E-state index in [2.05, 4.69) is 0 Å². The van der Waals surface area contributed by atoms with Crippen LogP contribution in [0.4, 0.5) is 4.39 Å². The van der Waals surface area contributed by atoms with Crippen LogP contribution in [0.15, 0.2) is 18.2 Å². The van der Waals surface area contributed by atoms with Crippen molar-refractivity contribution < 1.29 is 50.4 Å². The first-order chi connectivity index (χ1) is 5.13. The van der Waals surface area contributed by atoms with E-state index in [4.69, 9.17) is 10.2 Å². The third-order valence-electron chi connectivity index (χ3n) is 1.21. The summed E-state index contributed by atoms with van der Waals surface area (Å²) in [6, 6.07) is 3.33. The van der Waals surface area contributed by atoms with Crippen molar-refractivity contribution in [2.24, 2.45) is 0 Å². The second-order valence-electron chi connectivity index (χ2n) is 1.94. The summed E-state index contributed by atoms with van der Waals surface area (Å²) in [5.74, 6) is -2.96. The maximum Gasteiger partial charge on any atom is 1.00 e. The van der Waals surface area contributed by atoms with Gasteiger partial charge in [-0.3, -0.25) is 0 Å². The van der Waals surface area contributed by atoms with Gasteiger partial charge in [-0.15, -0.1) is 0 Å². The number of carbonyl (C=O) groups is 1. The molecule has 0 bridgehead atoms. The fraction of sp³-hybridized carbons (Fsp3) is 0. The van der Waals surface area contributed by atoms with Crippen LogP contribution in [0, 0.1) is 5.82 Å². The number of aromatic carboxylic acids is 1. The summed E-state index contributed by atoms with van der Waals surface area (Å²) < 4.78 is 12.6. The van der Waals surface area contributed by atoms with Crippen molar-refractivity contribution in [3.63, 3.8) is 0 Å². The Kier molecular flexibility index (Phi) is 4.23. The van der Waals surface area contributed by atoms with Crippen LogP contribution < -0.4 is 29.6 Å². The van der Waals surface area contributed by atoms with Gasteiger partial charge in [0.2, 0.25) is 0 Å². The molecule has 5 heteroatoms. The number of phenols is 1. The second-order valence-corrected chi connectivity index (χ2v) is 1.94. The number of hydrogen-bond donors (Lipinski definition) is 2. The van der Waals surface area contributed by atoms with Gasteiger partial charge in [-0.05, 0) is 12.1 Å². The first-order valence-corrected chi connectivity index (χ1v) is 2.83. The fourth-order valence-electron chi connectivity index (χ4n) is 0.724. The molecule has 0 aromatic heterocycles. The molecule has 0 aliphatic heterocycles. The van der Waals surface area contributed by atoms with Gasteiger partial charge in [-0.1, -0.05) is 6.07 Å². The fourth-order valence-corrected chi connectivity index (χ4v) is 0.724. The zero-order valence-corrected chi connectivity index (χ0v) is 8.41. The van der Waals surface area contributed by atoms with Gasteiger partial charge in [0.25, 0.3) is 0 Å². The Labute approximate surface area is 91.6 Å². The average molecular weight is 180 g/mol. The quantitative estimate of drug-likeness (QED) is 0.509. The summed E-state index contributed by atoms with van der Waals surface area (Å²) in [7, 11) is 0. The molecule has 0 amide bonds. The Balaban J connectivity index is 0. The maximum absolute atomic E-state index is 12.6. The number of carboxylic acid groups (broad SMARTS) is 1. The van der Waals surface area contributed by atoms with E-state index in [1.807, 2.05) is 0 Å². The number of aromatic hydroxyl groups is 1. The number of rotatable bonds is 1. The first-order valence-electron chi connectivity index (χ1n) is 2.83. The van der Waals surface area contributed by atoms with E-state index in [0.717, 1.165) is 12.1 Å². The molecule has 0 saturated heterocycles. The van der Waals surface area contributed by atoms with Crippen molar-refractivity contribution in [1.29, 1.82) is 0 Å². The predicted molar refractivity (Wildman–Crippen MR) is 36.1 cm³/mol. The van der Waals surface area contributed by atoms with E-state index in [1.165, 1.54) is 6.07 Å². The number of halogens is 1. The van der Waals surface area contributed by atoms with Gasteiger partial charge in [-0.2, -0.15) is 0 Å². The Morgan fingerprint density at radius 3 is 2.42 bits per heavy atom. The van der Waals surface area contributed by atoms with E-state index in [1.54, 1.807) is 0 Å². The van der Waals surface area contributed by atoms with E-state index in [9.17, 15) is 9.18 Å². The number of carboxylic acids is 1. The van der Waals surface area contributed by atoms with Crippen molar-refractivity contribution in [3.05, 3.63) is 29.6 Å².